The number of fused-ring (bicyclic) bond motifs is 1. The van der Waals surface area contributed by atoms with Crippen LogP contribution in [-0.4, -0.2) is 33.7 Å². The summed E-state index contributed by atoms with van der Waals surface area (Å²) in [6.07, 6.45) is 1.25. The Kier molecular flexibility index (Phi) is 4.91. The molecule has 146 valence electrons. The summed E-state index contributed by atoms with van der Waals surface area (Å²) in [6, 6.07) is 5.03. The average Bonchev–Trinajstić information content (AvgIpc) is 2.62. The maximum atomic E-state index is 13.2. The van der Waals surface area contributed by atoms with Gasteiger partial charge in [0.1, 0.15) is 5.52 Å². The molecular formula is C19H21N5O4. The molecule has 28 heavy (non-hydrogen) atoms. The summed E-state index contributed by atoms with van der Waals surface area (Å²) < 4.78 is 11.6. The van der Waals surface area contributed by atoms with Crippen LogP contribution < -0.4 is 21.8 Å². The molecule has 0 fully saturated rings. The Balaban J connectivity index is 2.46. The zero-order chi connectivity index (χ0) is 20.6. The summed E-state index contributed by atoms with van der Waals surface area (Å²) in [6.45, 7) is 5.48. The molecule has 0 atom stereocenters. The summed E-state index contributed by atoms with van der Waals surface area (Å²) >= 11 is 0. The SMILES string of the molecule is COC(=O)c1c(N)c2ncc(OC(C)C)nc2n(-c2ccc(N)cc2C)c1=O. The predicted molar refractivity (Wildman–Crippen MR) is 106 cm³/mol. The summed E-state index contributed by atoms with van der Waals surface area (Å²) in [7, 11) is 1.18. The second-order valence-electron chi connectivity index (χ2n) is 6.51. The van der Waals surface area contributed by atoms with Gasteiger partial charge in [-0.3, -0.25) is 9.36 Å². The number of rotatable bonds is 4. The van der Waals surface area contributed by atoms with Crippen LogP contribution in [0.4, 0.5) is 11.4 Å². The van der Waals surface area contributed by atoms with Crippen molar-refractivity contribution in [3.8, 4) is 11.6 Å². The number of ether oxygens (including phenoxy) is 2. The van der Waals surface area contributed by atoms with Crippen LogP contribution in [0, 0.1) is 6.92 Å². The first kappa shape index (κ1) is 19.2. The third-order valence-electron chi connectivity index (χ3n) is 4.09. The molecule has 9 heteroatoms. The number of aromatic nitrogens is 3. The van der Waals surface area contributed by atoms with Gasteiger partial charge in [0.25, 0.3) is 5.56 Å². The lowest BCUT2D eigenvalue weighted by atomic mass is 10.1. The number of anilines is 2. The minimum atomic E-state index is -0.851. The van der Waals surface area contributed by atoms with E-state index < -0.39 is 11.5 Å². The van der Waals surface area contributed by atoms with Gasteiger partial charge in [0.2, 0.25) is 5.88 Å². The minimum Gasteiger partial charge on any atom is -0.474 e. The topological polar surface area (TPSA) is 135 Å². The van der Waals surface area contributed by atoms with Crippen molar-refractivity contribution in [1.29, 1.82) is 0 Å². The van der Waals surface area contributed by atoms with Crippen molar-refractivity contribution in [3.05, 3.63) is 45.9 Å². The minimum absolute atomic E-state index is 0.0974. The zero-order valence-electron chi connectivity index (χ0n) is 16.0. The average molecular weight is 383 g/mol. The largest absolute Gasteiger partial charge is 0.474 e. The first-order chi connectivity index (χ1) is 13.2. The highest BCUT2D eigenvalue weighted by Crippen LogP contribution is 2.26. The van der Waals surface area contributed by atoms with Crippen LogP contribution in [0.2, 0.25) is 0 Å². The number of nitrogens with zero attached hydrogens (tertiary/aromatic N) is 3. The van der Waals surface area contributed by atoms with Gasteiger partial charge in [0, 0.05) is 5.69 Å². The van der Waals surface area contributed by atoms with Crippen LogP contribution in [0.25, 0.3) is 16.9 Å². The number of nitrogens with two attached hydrogens (primary N) is 2. The van der Waals surface area contributed by atoms with Gasteiger partial charge in [-0.25, -0.2) is 9.78 Å². The van der Waals surface area contributed by atoms with Gasteiger partial charge in [-0.15, -0.1) is 0 Å². The van der Waals surface area contributed by atoms with E-state index in [0.717, 1.165) is 0 Å². The summed E-state index contributed by atoms with van der Waals surface area (Å²) in [5.41, 5.74) is 12.9. The smallest absolute Gasteiger partial charge is 0.345 e. The first-order valence-corrected chi connectivity index (χ1v) is 8.57. The van der Waals surface area contributed by atoms with Crippen molar-refractivity contribution >= 4 is 28.5 Å². The van der Waals surface area contributed by atoms with E-state index in [0.29, 0.717) is 16.9 Å². The number of carbonyl (C=O) groups excluding carboxylic acids is 1. The number of nitrogen functional groups attached to an aromatic ring is 2. The fourth-order valence-electron chi connectivity index (χ4n) is 2.90. The molecule has 0 bridgehead atoms. The molecule has 0 radical (unpaired) electrons. The van der Waals surface area contributed by atoms with Crippen LogP contribution in [-0.2, 0) is 4.74 Å². The number of pyridine rings is 1. The Morgan fingerprint density at radius 2 is 1.96 bits per heavy atom. The molecule has 1 aromatic carbocycles. The number of hydrogen-bond donors (Lipinski definition) is 2. The second-order valence-corrected chi connectivity index (χ2v) is 6.51. The van der Waals surface area contributed by atoms with Gasteiger partial charge >= 0.3 is 5.97 Å². The lowest BCUT2D eigenvalue weighted by Gasteiger charge is -2.17. The van der Waals surface area contributed by atoms with E-state index in [1.165, 1.54) is 17.9 Å². The molecule has 0 saturated carbocycles. The van der Waals surface area contributed by atoms with E-state index in [2.05, 4.69) is 9.97 Å². The van der Waals surface area contributed by atoms with E-state index in [1.807, 2.05) is 13.8 Å². The van der Waals surface area contributed by atoms with Crippen LogP contribution in [0.3, 0.4) is 0 Å². The highest BCUT2D eigenvalue weighted by Gasteiger charge is 2.25. The third-order valence-corrected chi connectivity index (χ3v) is 4.09. The van der Waals surface area contributed by atoms with Crippen molar-refractivity contribution in [2.45, 2.75) is 26.9 Å². The standard InChI is InChI=1S/C19H21N5O4/c1-9(2)28-13-8-22-16-15(21)14(19(26)27-4)18(25)24(17(16)23-13)12-6-5-11(20)7-10(12)3/h5-9H,20-21H2,1-4H3. The maximum absolute atomic E-state index is 13.2. The lowest BCUT2D eigenvalue weighted by molar-refractivity contribution is 0.0600. The van der Waals surface area contributed by atoms with E-state index in [4.69, 9.17) is 20.9 Å². The van der Waals surface area contributed by atoms with Gasteiger partial charge in [0.15, 0.2) is 11.2 Å². The van der Waals surface area contributed by atoms with Gasteiger partial charge in [-0.05, 0) is 44.5 Å². The van der Waals surface area contributed by atoms with Crippen molar-refractivity contribution in [2.75, 3.05) is 18.6 Å². The van der Waals surface area contributed by atoms with Crippen molar-refractivity contribution in [3.63, 3.8) is 0 Å². The molecule has 4 N–H and O–H groups in total. The quantitative estimate of drug-likeness (QED) is 0.514. The predicted octanol–water partition coefficient (Wildman–Crippen LogP) is 1.83. The second kappa shape index (κ2) is 7.18. The Morgan fingerprint density at radius 1 is 1.25 bits per heavy atom. The molecular weight excluding hydrogens is 362 g/mol. The van der Waals surface area contributed by atoms with Crippen molar-refractivity contribution < 1.29 is 14.3 Å². The summed E-state index contributed by atoms with van der Waals surface area (Å²) in [5.74, 6) is -0.621. The van der Waals surface area contributed by atoms with Gasteiger partial charge in [0.05, 0.1) is 30.8 Å². The van der Waals surface area contributed by atoms with E-state index >= 15 is 0 Å². The summed E-state index contributed by atoms with van der Waals surface area (Å²) in [5, 5.41) is 0. The van der Waals surface area contributed by atoms with Gasteiger partial charge in [-0.1, -0.05) is 0 Å². The highest BCUT2D eigenvalue weighted by atomic mass is 16.5. The fraction of sp³-hybridized carbons (Fsp3) is 0.263. The monoisotopic (exact) mass is 383 g/mol. The first-order valence-electron chi connectivity index (χ1n) is 8.57. The number of esters is 1. The number of carbonyl (C=O) groups is 1. The fourth-order valence-corrected chi connectivity index (χ4v) is 2.90. The van der Waals surface area contributed by atoms with E-state index in [9.17, 15) is 9.59 Å². The molecule has 0 spiro atoms. The van der Waals surface area contributed by atoms with Crippen LogP contribution >= 0.6 is 0 Å². The van der Waals surface area contributed by atoms with Crippen LogP contribution in [0.1, 0.15) is 29.8 Å². The lowest BCUT2D eigenvalue weighted by Crippen LogP contribution is -2.29. The molecule has 0 saturated heterocycles. The molecule has 3 rings (SSSR count). The Hall–Kier alpha value is -3.62. The third kappa shape index (κ3) is 3.22. The molecule has 0 aliphatic rings. The normalized spacial score (nSPS) is 11.0. The number of benzene rings is 1. The highest BCUT2D eigenvalue weighted by molar-refractivity contribution is 6.02. The molecule has 0 aliphatic carbocycles. The Labute approximate surface area is 160 Å². The zero-order valence-corrected chi connectivity index (χ0v) is 16.0. The molecule has 2 aromatic heterocycles. The van der Waals surface area contributed by atoms with Gasteiger partial charge < -0.3 is 20.9 Å². The van der Waals surface area contributed by atoms with Crippen molar-refractivity contribution in [1.82, 2.24) is 14.5 Å². The Bertz CT molecular complexity index is 1140. The van der Waals surface area contributed by atoms with Crippen molar-refractivity contribution in [2.24, 2.45) is 0 Å². The number of hydrogen-bond acceptors (Lipinski definition) is 8. The van der Waals surface area contributed by atoms with E-state index in [-0.39, 0.29) is 34.4 Å². The van der Waals surface area contributed by atoms with E-state index in [1.54, 1.807) is 25.1 Å². The Morgan fingerprint density at radius 3 is 2.57 bits per heavy atom. The number of aryl methyl sites for hydroxylation is 1. The molecule has 9 nitrogen and oxygen atoms in total. The van der Waals surface area contributed by atoms with Crippen LogP contribution in [0.15, 0.2) is 29.2 Å². The summed E-state index contributed by atoms with van der Waals surface area (Å²) in [4.78, 5) is 34.1. The van der Waals surface area contributed by atoms with Gasteiger partial charge in [-0.2, -0.15) is 4.98 Å². The number of methoxy groups -OCH3 is 1. The molecule has 3 aromatic rings. The molecule has 0 unspecified atom stereocenters. The molecule has 2 heterocycles. The molecule has 0 amide bonds. The van der Waals surface area contributed by atoms with Crippen LogP contribution in [0.5, 0.6) is 5.88 Å². The maximum Gasteiger partial charge on any atom is 0.345 e. The molecule has 0 aliphatic heterocycles.